The van der Waals surface area contributed by atoms with Gasteiger partial charge in [0.2, 0.25) is 6.43 Å². The molecule has 1 aliphatic heterocycles. The summed E-state index contributed by atoms with van der Waals surface area (Å²) in [4.78, 5) is 1.96. The van der Waals surface area contributed by atoms with Crippen molar-refractivity contribution in [3.05, 3.63) is 23.8 Å². The molecule has 1 saturated heterocycles. The average Bonchev–Trinajstić information content (AvgIpc) is 2.35. The first-order valence-electron chi connectivity index (χ1n) is 6.32. The molecule has 0 spiro atoms. The lowest BCUT2D eigenvalue weighted by Crippen LogP contribution is -2.45. The molecule has 1 aromatic carbocycles. The van der Waals surface area contributed by atoms with Crippen LogP contribution in [0, 0.1) is 0 Å². The minimum absolute atomic E-state index is 0. The number of alkyl halides is 2. The largest absolute Gasteiger partial charge is 0.508 e. The summed E-state index contributed by atoms with van der Waals surface area (Å²) < 4.78 is 25.5. The van der Waals surface area contributed by atoms with E-state index < -0.39 is 12.5 Å². The Morgan fingerprint density at radius 3 is 2.15 bits per heavy atom. The highest BCUT2D eigenvalue weighted by molar-refractivity contribution is 5.85. The molecule has 2 rings (SSSR count). The Balaban J connectivity index is 0.00000200. The second-order valence-corrected chi connectivity index (χ2v) is 4.71. The number of phenolic OH excluding ortho intramolecular Hbond substituents is 2. The maximum Gasteiger partial charge on any atom is 0.240 e. The highest BCUT2D eigenvalue weighted by Crippen LogP contribution is 2.32. The number of nitrogens with zero attached hydrogens (tertiary/aromatic N) is 1. The van der Waals surface area contributed by atoms with Gasteiger partial charge in [0.1, 0.15) is 11.5 Å². The normalized spacial score (nSPS) is 17.8. The van der Waals surface area contributed by atoms with Crippen LogP contribution in [-0.4, -0.2) is 47.7 Å². The van der Waals surface area contributed by atoms with E-state index in [9.17, 15) is 19.0 Å². The number of nitrogens with one attached hydrogen (secondary N) is 1. The van der Waals surface area contributed by atoms with Crippen molar-refractivity contribution in [2.75, 3.05) is 26.2 Å². The lowest BCUT2D eigenvalue weighted by atomic mass is 10.0. The lowest BCUT2D eigenvalue weighted by Gasteiger charge is -2.35. The predicted octanol–water partition coefficient (Wildman–Crippen LogP) is 2.12. The van der Waals surface area contributed by atoms with Crippen molar-refractivity contribution < 1.29 is 19.0 Å². The molecule has 0 aromatic heterocycles. The Morgan fingerprint density at radius 1 is 1.10 bits per heavy atom. The van der Waals surface area contributed by atoms with Crippen molar-refractivity contribution in [3.63, 3.8) is 0 Å². The summed E-state index contributed by atoms with van der Waals surface area (Å²) in [5.74, 6) is -0.214. The SMILES string of the molecule is Cl.Oc1cc(O)cc([C@H](CC(F)F)N2CCNCC2)c1. The van der Waals surface area contributed by atoms with Crippen LogP contribution in [0.15, 0.2) is 18.2 Å². The van der Waals surface area contributed by atoms with Gasteiger partial charge in [-0.15, -0.1) is 12.4 Å². The summed E-state index contributed by atoms with van der Waals surface area (Å²) in [5.41, 5.74) is 0.528. The predicted molar refractivity (Wildman–Crippen MR) is 74.8 cm³/mol. The topological polar surface area (TPSA) is 55.7 Å². The summed E-state index contributed by atoms with van der Waals surface area (Å²) in [6, 6.07) is 3.59. The number of aromatic hydroxyl groups is 2. The smallest absolute Gasteiger partial charge is 0.240 e. The molecule has 0 amide bonds. The summed E-state index contributed by atoms with van der Waals surface area (Å²) >= 11 is 0. The third-order valence-electron chi connectivity index (χ3n) is 3.30. The molecule has 0 aliphatic carbocycles. The molecule has 20 heavy (non-hydrogen) atoms. The average molecular weight is 309 g/mol. The third-order valence-corrected chi connectivity index (χ3v) is 3.30. The van der Waals surface area contributed by atoms with Crippen molar-refractivity contribution in [1.29, 1.82) is 0 Å². The Bertz CT molecular complexity index is 409. The van der Waals surface area contributed by atoms with E-state index in [1.807, 2.05) is 4.90 Å². The van der Waals surface area contributed by atoms with Gasteiger partial charge >= 0.3 is 0 Å². The molecule has 4 nitrogen and oxygen atoms in total. The molecule has 1 aliphatic rings. The highest BCUT2D eigenvalue weighted by atomic mass is 35.5. The van der Waals surface area contributed by atoms with Crippen molar-refractivity contribution in [1.82, 2.24) is 10.2 Å². The van der Waals surface area contributed by atoms with Crippen molar-refractivity contribution in [2.45, 2.75) is 18.9 Å². The molecular formula is C13H19ClF2N2O2. The maximum absolute atomic E-state index is 12.8. The zero-order valence-electron chi connectivity index (χ0n) is 10.9. The number of benzene rings is 1. The van der Waals surface area contributed by atoms with E-state index in [4.69, 9.17) is 0 Å². The third kappa shape index (κ3) is 4.47. The van der Waals surface area contributed by atoms with E-state index in [0.29, 0.717) is 18.7 Å². The number of hydrogen-bond acceptors (Lipinski definition) is 4. The molecule has 0 unspecified atom stereocenters. The maximum atomic E-state index is 12.8. The van der Waals surface area contributed by atoms with Crippen LogP contribution in [0.4, 0.5) is 8.78 Å². The number of hydrogen-bond donors (Lipinski definition) is 3. The molecule has 1 aromatic rings. The summed E-state index contributed by atoms with van der Waals surface area (Å²) in [6.45, 7) is 2.86. The summed E-state index contributed by atoms with van der Waals surface area (Å²) in [7, 11) is 0. The second kappa shape index (κ2) is 7.61. The minimum Gasteiger partial charge on any atom is -0.508 e. The molecule has 7 heteroatoms. The summed E-state index contributed by atoms with van der Waals surface area (Å²) in [6.07, 6.45) is -2.73. The minimum atomic E-state index is -2.43. The molecule has 3 N–H and O–H groups in total. The van der Waals surface area contributed by atoms with E-state index in [0.717, 1.165) is 13.1 Å². The molecule has 1 heterocycles. The van der Waals surface area contributed by atoms with Crippen LogP contribution >= 0.6 is 12.4 Å². The fourth-order valence-corrected chi connectivity index (χ4v) is 2.47. The molecule has 0 saturated carbocycles. The van der Waals surface area contributed by atoms with Crippen LogP contribution < -0.4 is 5.32 Å². The first-order valence-corrected chi connectivity index (χ1v) is 6.32. The van der Waals surface area contributed by atoms with Gasteiger partial charge in [0, 0.05) is 44.7 Å². The van der Waals surface area contributed by atoms with Gasteiger partial charge in [0.25, 0.3) is 0 Å². The zero-order valence-corrected chi connectivity index (χ0v) is 11.7. The zero-order chi connectivity index (χ0) is 13.8. The molecule has 0 bridgehead atoms. The molecule has 114 valence electrons. The number of rotatable bonds is 4. The highest BCUT2D eigenvalue weighted by Gasteiger charge is 2.26. The number of phenols is 2. The monoisotopic (exact) mass is 308 g/mol. The van der Waals surface area contributed by atoms with Crippen LogP contribution in [0.2, 0.25) is 0 Å². The van der Waals surface area contributed by atoms with Crippen LogP contribution in [0.25, 0.3) is 0 Å². The van der Waals surface area contributed by atoms with Crippen LogP contribution in [-0.2, 0) is 0 Å². The van der Waals surface area contributed by atoms with Crippen molar-refractivity contribution >= 4 is 12.4 Å². The van der Waals surface area contributed by atoms with Gasteiger partial charge in [-0.05, 0) is 17.7 Å². The first kappa shape index (κ1) is 16.9. The van der Waals surface area contributed by atoms with E-state index in [-0.39, 0.29) is 30.3 Å². The van der Waals surface area contributed by atoms with Gasteiger partial charge in [-0.2, -0.15) is 0 Å². The van der Waals surface area contributed by atoms with Crippen LogP contribution in [0.5, 0.6) is 11.5 Å². The molecule has 1 atom stereocenters. The molecular weight excluding hydrogens is 290 g/mol. The van der Waals surface area contributed by atoms with Gasteiger partial charge in [-0.3, -0.25) is 4.90 Å². The molecule has 1 fully saturated rings. The van der Waals surface area contributed by atoms with Gasteiger partial charge in [-0.25, -0.2) is 8.78 Å². The molecule has 0 radical (unpaired) electrons. The van der Waals surface area contributed by atoms with Gasteiger partial charge in [0.05, 0.1) is 0 Å². The van der Waals surface area contributed by atoms with Crippen LogP contribution in [0.1, 0.15) is 18.0 Å². The van der Waals surface area contributed by atoms with E-state index in [1.165, 1.54) is 18.2 Å². The van der Waals surface area contributed by atoms with Gasteiger partial charge in [-0.1, -0.05) is 0 Å². The van der Waals surface area contributed by atoms with E-state index in [1.54, 1.807) is 0 Å². The lowest BCUT2D eigenvalue weighted by molar-refractivity contribution is 0.0737. The van der Waals surface area contributed by atoms with Crippen molar-refractivity contribution in [3.8, 4) is 11.5 Å². The second-order valence-electron chi connectivity index (χ2n) is 4.71. The Kier molecular flexibility index (Phi) is 6.45. The fraction of sp³-hybridized carbons (Fsp3) is 0.538. The van der Waals surface area contributed by atoms with Gasteiger partial charge < -0.3 is 15.5 Å². The Hall–Kier alpha value is -1.11. The Morgan fingerprint density at radius 2 is 1.65 bits per heavy atom. The van der Waals surface area contributed by atoms with Gasteiger partial charge in [0.15, 0.2) is 0 Å². The first-order chi connectivity index (χ1) is 9.06. The fourth-order valence-electron chi connectivity index (χ4n) is 2.47. The Labute approximate surface area is 122 Å². The van der Waals surface area contributed by atoms with E-state index in [2.05, 4.69) is 5.32 Å². The van der Waals surface area contributed by atoms with E-state index >= 15 is 0 Å². The number of halogens is 3. The van der Waals surface area contributed by atoms with Crippen LogP contribution in [0.3, 0.4) is 0 Å². The standard InChI is InChI=1S/C13H18F2N2O2.ClH/c14-13(15)8-12(17-3-1-16-2-4-17)9-5-10(18)7-11(19)6-9;/h5-7,12-13,16,18-19H,1-4,8H2;1H/t12-;/m0./s1. The quantitative estimate of drug-likeness (QED) is 0.797. The number of piperazine rings is 1. The summed E-state index contributed by atoms with van der Waals surface area (Å²) in [5, 5.41) is 22.2. The van der Waals surface area contributed by atoms with Crippen molar-refractivity contribution in [2.24, 2.45) is 0 Å².